The monoisotopic (exact) mass is 204 g/mol. The van der Waals surface area contributed by atoms with Crippen molar-refractivity contribution in [3.63, 3.8) is 0 Å². The molecule has 0 radical (unpaired) electrons. The van der Waals surface area contributed by atoms with Crippen LogP contribution in [0.25, 0.3) is 10.9 Å². The molecule has 0 spiro atoms. The van der Waals surface area contributed by atoms with E-state index >= 15 is 0 Å². The quantitative estimate of drug-likeness (QED) is 0.766. The zero-order valence-corrected chi connectivity index (χ0v) is 8.41. The molecule has 2 aromatic rings. The first-order valence-electron chi connectivity index (χ1n) is 4.65. The van der Waals surface area contributed by atoms with Gasteiger partial charge >= 0.3 is 0 Å². The normalized spacial score (nSPS) is 10.5. The Morgan fingerprint density at radius 2 is 2.27 bits per heavy atom. The van der Waals surface area contributed by atoms with E-state index in [9.17, 15) is 4.79 Å². The molecule has 4 heteroatoms. The number of pyridine rings is 1. The largest absolute Gasteiger partial charge is 0.495 e. The van der Waals surface area contributed by atoms with E-state index < -0.39 is 0 Å². The molecular weight excluding hydrogens is 192 g/mol. The lowest BCUT2D eigenvalue weighted by molar-refractivity contribution is 0.419. The van der Waals surface area contributed by atoms with Crippen molar-refractivity contribution in [2.45, 2.75) is 6.54 Å². The lowest BCUT2D eigenvalue weighted by Gasteiger charge is -2.05. The van der Waals surface area contributed by atoms with E-state index in [4.69, 9.17) is 10.5 Å². The van der Waals surface area contributed by atoms with Gasteiger partial charge in [-0.25, -0.2) is 0 Å². The number of nitrogens with two attached hydrogens (primary N) is 1. The Balaban J connectivity index is 2.84. The van der Waals surface area contributed by atoms with Crippen LogP contribution in [0.4, 0.5) is 0 Å². The molecule has 0 aliphatic heterocycles. The topological polar surface area (TPSA) is 68.1 Å². The van der Waals surface area contributed by atoms with Gasteiger partial charge in [-0.05, 0) is 12.1 Å². The van der Waals surface area contributed by atoms with Crippen LogP contribution in [0.1, 0.15) is 5.56 Å². The summed E-state index contributed by atoms with van der Waals surface area (Å²) in [6, 6.07) is 5.35. The number of H-pyrrole nitrogens is 1. The first kappa shape index (κ1) is 9.73. The number of hydrogen-bond acceptors (Lipinski definition) is 3. The minimum Gasteiger partial charge on any atom is -0.495 e. The summed E-state index contributed by atoms with van der Waals surface area (Å²) in [5, 5.41) is 0.609. The fourth-order valence-electron chi connectivity index (χ4n) is 1.59. The third kappa shape index (κ3) is 1.49. The molecule has 0 aliphatic rings. The maximum Gasteiger partial charge on any atom is 0.193 e. The fraction of sp³-hybridized carbons (Fsp3) is 0.182. The molecule has 0 saturated carbocycles. The maximum atomic E-state index is 11.9. The number of aromatic nitrogens is 1. The fourth-order valence-corrected chi connectivity index (χ4v) is 1.59. The second kappa shape index (κ2) is 3.74. The van der Waals surface area contributed by atoms with Crippen molar-refractivity contribution in [3.8, 4) is 5.75 Å². The molecular formula is C11H12N2O2. The van der Waals surface area contributed by atoms with Crippen LogP contribution in [0.5, 0.6) is 5.75 Å². The molecule has 2 rings (SSSR count). The summed E-state index contributed by atoms with van der Waals surface area (Å²) >= 11 is 0. The van der Waals surface area contributed by atoms with Gasteiger partial charge in [-0.1, -0.05) is 6.07 Å². The van der Waals surface area contributed by atoms with Crippen LogP contribution in [-0.4, -0.2) is 12.1 Å². The first-order chi connectivity index (χ1) is 7.27. The Morgan fingerprint density at radius 1 is 1.47 bits per heavy atom. The number of rotatable bonds is 2. The van der Waals surface area contributed by atoms with Crippen LogP contribution in [0.15, 0.2) is 29.2 Å². The molecule has 0 atom stereocenters. The van der Waals surface area contributed by atoms with E-state index in [-0.39, 0.29) is 12.0 Å². The van der Waals surface area contributed by atoms with E-state index in [0.717, 1.165) is 0 Å². The number of ether oxygens (including phenoxy) is 1. The molecule has 4 nitrogen and oxygen atoms in total. The Bertz CT molecular complexity index is 546. The number of methoxy groups -OCH3 is 1. The Labute approximate surface area is 86.7 Å². The molecule has 1 aromatic heterocycles. The van der Waals surface area contributed by atoms with Gasteiger partial charge in [-0.2, -0.15) is 0 Å². The average Bonchev–Trinajstić information content (AvgIpc) is 2.29. The second-order valence-electron chi connectivity index (χ2n) is 3.23. The molecule has 0 amide bonds. The van der Waals surface area contributed by atoms with Gasteiger partial charge in [-0.15, -0.1) is 0 Å². The minimum atomic E-state index is -0.0369. The highest BCUT2D eigenvalue weighted by Gasteiger charge is 2.06. The minimum absolute atomic E-state index is 0.0369. The molecule has 0 aliphatic carbocycles. The standard InChI is InChI=1S/C11H12N2O2/c1-15-9-4-2-3-8-10(9)13-6-7(5-12)11(8)14/h2-4,6H,5,12H2,1H3,(H,13,14). The van der Waals surface area contributed by atoms with Gasteiger partial charge in [0.2, 0.25) is 0 Å². The number of aromatic amines is 1. The zero-order valence-electron chi connectivity index (χ0n) is 8.41. The van der Waals surface area contributed by atoms with Crippen LogP contribution < -0.4 is 15.9 Å². The summed E-state index contributed by atoms with van der Waals surface area (Å²) in [6.45, 7) is 0.239. The highest BCUT2D eigenvalue weighted by Crippen LogP contribution is 2.20. The molecule has 78 valence electrons. The van der Waals surface area contributed by atoms with Gasteiger partial charge in [0.1, 0.15) is 5.75 Å². The number of para-hydroxylation sites is 1. The predicted molar refractivity (Wildman–Crippen MR) is 59.0 cm³/mol. The van der Waals surface area contributed by atoms with E-state index in [1.165, 1.54) is 0 Å². The highest BCUT2D eigenvalue weighted by atomic mass is 16.5. The summed E-state index contributed by atoms with van der Waals surface area (Å²) in [6.07, 6.45) is 1.63. The Hall–Kier alpha value is -1.81. The summed E-state index contributed by atoms with van der Waals surface area (Å²) in [7, 11) is 1.57. The predicted octanol–water partition coefficient (Wildman–Crippen LogP) is 0.995. The van der Waals surface area contributed by atoms with Gasteiger partial charge in [0, 0.05) is 23.7 Å². The van der Waals surface area contributed by atoms with Crippen LogP contribution >= 0.6 is 0 Å². The van der Waals surface area contributed by atoms with Crippen molar-refractivity contribution in [2.24, 2.45) is 5.73 Å². The van der Waals surface area contributed by atoms with Crippen molar-refractivity contribution in [3.05, 3.63) is 40.2 Å². The van der Waals surface area contributed by atoms with Crippen molar-refractivity contribution < 1.29 is 4.74 Å². The maximum absolute atomic E-state index is 11.9. The van der Waals surface area contributed by atoms with Crippen LogP contribution in [-0.2, 0) is 6.54 Å². The molecule has 3 N–H and O–H groups in total. The van der Waals surface area contributed by atoms with Gasteiger partial charge in [0.15, 0.2) is 5.43 Å². The van der Waals surface area contributed by atoms with Crippen molar-refractivity contribution in [1.82, 2.24) is 4.98 Å². The number of benzene rings is 1. The first-order valence-corrected chi connectivity index (χ1v) is 4.65. The molecule has 1 aromatic carbocycles. The van der Waals surface area contributed by atoms with Crippen molar-refractivity contribution in [2.75, 3.05) is 7.11 Å². The SMILES string of the molecule is COc1cccc2c(=O)c(CN)c[nH]c12. The molecule has 15 heavy (non-hydrogen) atoms. The molecule has 0 fully saturated rings. The van der Waals surface area contributed by atoms with Gasteiger partial charge in [0.05, 0.1) is 12.6 Å². The number of nitrogens with one attached hydrogen (secondary N) is 1. The van der Waals surface area contributed by atoms with Gasteiger partial charge in [0.25, 0.3) is 0 Å². The highest BCUT2D eigenvalue weighted by molar-refractivity contribution is 5.84. The summed E-state index contributed by atoms with van der Waals surface area (Å²) in [5.41, 5.74) is 6.71. The number of fused-ring (bicyclic) bond motifs is 1. The van der Waals surface area contributed by atoms with E-state index in [1.807, 2.05) is 0 Å². The Kier molecular flexibility index (Phi) is 2.43. The van der Waals surface area contributed by atoms with Gasteiger partial charge < -0.3 is 15.5 Å². The summed E-state index contributed by atoms with van der Waals surface area (Å²) in [4.78, 5) is 14.9. The van der Waals surface area contributed by atoms with Crippen molar-refractivity contribution in [1.29, 1.82) is 0 Å². The zero-order chi connectivity index (χ0) is 10.8. The smallest absolute Gasteiger partial charge is 0.193 e. The molecule has 0 saturated heterocycles. The lowest BCUT2D eigenvalue weighted by atomic mass is 10.1. The van der Waals surface area contributed by atoms with Crippen LogP contribution in [0, 0.1) is 0 Å². The number of hydrogen-bond donors (Lipinski definition) is 2. The van der Waals surface area contributed by atoms with Crippen molar-refractivity contribution >= 4 is 10.9 Å². The van der Waals surface area contributed by atoms with E-state index in [1.54, 1.807) is 31.5 Å². The van der Waals surface area contributed by atoms with Crippen LogP contribution in [0.2, 0.25) is 0 Å². The van der Waals surface area contributed by atoms with E-state index in [0.29, 0.717) is 22.2 Å². The molecule has 0 bridgehead atoms. The third-order valence-electron chi connectivity index (χ3n) is 2.39. The van der Waals surface area contributed by atoms with E-state index in [2.05, 4.69) is 4.98 Å². The molecule has 1 heterocycles. The van der Waals surface area contributed by atoms with Crippen LogP contribution in [0.3, 0.4) is 0 Å². The Morgan fingerprint density at radius 3 is 2.93 bits per heavy atom. The average molecular weight is 204 g/mol. The third-order valence-corrected chi connectivity index (χ3v) is 2.39. The summed E-state index contributed by atoms with van der Waals surface area (Å²) in [5.74, 6) is 0.660. The lowest BCUT2D eigenvalue weighted by Crippen LogP contribution is -2.13. The summed E-state index contributed by atoms with van der Waals surface area (Å²) < 4.78 is 5.15. The molecule has 0 unspecified atom stereocenters. The second-order valence-corrected chi connectivity index (χ2v) is 3.23. The van der Waals surface area contributed by atoms with Gasteiger partial charge in [-0.3, -0.25) is 4.79 Å².